The van der Waals surface area contributed by atoms with Gasteiger partial charge in [-0.15, -0.1) is 0 Å². The second kappa shape index (κ2) is 5.56. The monoisotopic (exact) mass is 306 g/mol. The van der Waals surface area contributed by atoms with Crippen LogP contribution in [0.3, 0.4) is 0 Å². The van der Waals surface area contributed by atoms with Crippen molar-refractivity contribution >= 4 is 31.6 Å². The first-order valence-corrected chi connectivity index (χ1v) is 6.89. The Bertz CT molecular complexity index is 481. The standard InChI is InChI=1S/C10H11BrO4S/c1-15-6-9(12)7-16(13,14)10-4-2-3-8(11)5-10/h2-5H,6-7H2,1H3. The molecule has 0 N–H and O–H groups in total. The van der Waals surface area contributed by atoms with Gasteiger partial charge < -0.3 is 4.74 Å². The maximum atomic E-state index is 11.8. The molecule has 0 unspecified atom stereocenters. The van der Waals surface area contributed by atoms with Crippen molar-refractivity contribution in [2.24, 2.45) is 0 Å². The van der Waals surface area contributed by atoms with E-state index in [0.29, 0.717) is 4.47 Å². The maximum absolute atomic E-state index is 11.8. The summed E-state index contributed by atoms with van der Waals surface area (Å²) in [5, 5.41) is 0. The van der Waals surface area contributed by atoms with E-state index in [0.717, 1.165) is 0 Å². The van der Waals surface area contributed by atoms with Gasteiger partial charge >= 0.3 is 0 Å². The molecule has 1 aromatic carbocycles. The smallest absolute Gasteiger partial charge is 0.185 e. The SMILES string of the molecule is COCC(=O)CS(=O)(=O)c1cccc(Br)c1. The van der Waals surface area contributed by atoms with Gasteiger partial charge in [0.25, 0.3) is 0 Å². The molecular formula is C10H11BrO4S. The Hall–Kier alpha value is -0.720. The van der Waals surface area contributed by atoms with Gasteiger partial charge in [0.15, 0.2) is 15.6 Å². The molecule has 0 aliphatic heterocycles. The van der Waals surface area contributed by atoms with E-state index in [9.17, 15) is 13.2 Å². The normalized spacial score (nSPS) is 11.4. The van der Waals surface area contributed by atoms with Gasteiger partial charge in [-0.3, -0.25) is 4.79 Å². The molecule has 0 spiro atoms. The predicted molar refractivity (Wildman–Crippen MR) is 63.1 cm³/mol. The molecule has 0 bridgehead atoms. The zero-order valence-corrected chi connectivity index (χ0v) is 11.0. The summed E-state index contributed by atoms with van der Waals surface area (Å²) in [6.07, 6.45) is 0. The lowest BCUT2D eigenvalue weighted by molar-refractivity contribution is -0.120. The van der Waals surface area contributed by atoms with Crippen molar-refractivity contribution in [3.63, 3.8) is 0 Å². The molecule has 4 nitrogen and oxygen atoms in total. The second-order valence-electron chi connectivity index (χ2n) is 3.19. The number of rotatable bonds is 5. The molecule has 0 amide bonds. The van der Waals surface area contributed by atoms with Crippen LogP contribution in [0, 0.1) is 0 Å². The summed E-state index contributed by atoms with van der Waals surface area (Å²) in [5.41, 5.74) is 0. The summed E-state index contributed by atoms with van der Waals surface area (Å²) >= 11 is 3.18. The molecule has 0 aliphatic rings. The fourth-order valence-corrected chi connectivity index (χ4v) is 2.98. The number of ether oxygens (including phenoxy) is 1. The van der Waals surface area contributed by atoms with Gasteiger partial charge in [0.2, 0.25) is 0 Å². The molecular weight excluding hydrogens is 296 g/mol. The minimum Gasteiger partial charge on any atom is -0.377 e. The van der Waals surface area contributed by atoms with Gasteiger partial charge in [-0.1, -0.05) is 22.0 Å². The molecule has 0 radical (unpaired) electrons. The molecule has 0 aliphatic carbocycles. The Labute approximate surface area is 103 Å². The molecule has 0 saturated carbocycles. The fraction of sp³-hybridized carbons (Fsp3) is 0.300. The van der Waals surface area contributed by atoms with Crippen LogP contribution in [-0.4, -0.2) is 33.7 Å². The van der Waals surface area contributed by atoms with Crippen LogP contribution in [0.1, 0.15) is 0 Å². The number of carbonyl (C=O) groups is 1. The van der Waals surface area contributed by atoms with Crippen LogP contribution in [0.2, 0.25) is 0 Å². The lowest BCUT2D eigenvalue weighted by Crippen LogP contribution is -2.19. The highest BCUT2D eigenvalue weighted by Gasteiger charge is 2.19. The van der Waals surface area contributed by atoms with Crippen molar-refractivity contribution < 1.29 is 17.9 Å². The number of Topliss-reactive ketones (excluding diaryl/α,β-unsaturated/α-hetero) is 1. The van der Waals surface area contributed by atoms with E-state index in [1.165, 1.54) is 19.2 Å². The fourth-order valence-electron chi connectivity index (χ4n) is 1.16. The van der Waals surface area contributed by atoms with Crippen molar-refractivity contribution in [3.8, 4) is 0 Å². The highest BCUT2D eigenvalue weighted by Crippen LogP contribution is 2.17. The molecule has 16 heavy (non-hydrogen) atoms. The summed E-state index contributed by atoms with van der Waals surface area (Å²) < 4.78 is 28.8. The molecule has 0 aromatic heterocycles. The lowest BCUT2D eigenvalue weighted by Gasteiger charge is -2.03. The first-order valence-electron chi connectivity index (χ1n) is 4.44. The average Bonchev–Trinajstić information content (AvgIpc) is 2.17. The minimum absolute atomic E-state index is 0.131. The molecule has 1 rings (SSSR count). The minimum atomic E-state index is -3.56. The van der Waals surface area contributed by atoms with E-state index in [2.05, 4.69) is 20.7 Å². The molecule has 0 atom stereocenters. The number of benzene rings is 1. The zero-order valence-electron chi connectivity index (χ0n) is 8.64. The lowest BCUT2D eigenvalue weighted by atomic mass is 10.4. The summed E-state index contributed by atoms with van der Waals surface area (Å²) in [7, 11) is -2.21. The van der Waals surface area contributed by atoms with Crippen molar-refractivity contribution in [3.05, 3.63) is 28.7 Å². The molecule has 0 saturated heterocycles. The van der Waals surface area contributed by atoms with E-state index in [1.54, 1.807) is 12.1 Å². The number of methoxy groups -OCH3 is 1. The quantitative estimate of drug-likeness (QED) is 0.826. The molecule has 88 valence electrons. The Morgan fingerprint density at radius 2 is 2.12 bits per heavy atom. The van der Waals surface area contributed by atoms with Crippen LogP contribution in [0.15, 0.2) is 33.6 Å². The van der Waals surface area contributed by atoms with Crippen molar-refractivity contribution in [2.75, 3.05) is 19.5 Å². The summed E-state index contributed by atoms with van der Waals surface area (Å²) in [5.74, 6) is -0.987. The van der Waals surface area contributed by atoms with E-state index in [1.807, 2.05) is 0 Å². The third-order valence-corrected chi connectivity index (χ3v) is 3.98. The van der Waals surface area contributed by atoms with Crippen LogP contribution in [0.5, 0.6) is 0 Å². The van der Waals surface area contributed by atoms with Crippen molar-refractivity contribution in [1.29, 1.82) is 0 Å². The van der Waals surface area contributed by atoms with Crippen LogP contribution < -0.4 is 0 Å². The van der Waals surface area contributed by atoms with E-state index in [4.69, 9.17) is 0 Å². The number of hydrogen-bond donors (Lipinski definition) is 0. The first-order chi connectivity index (χ1) is 7.45. The largest absolute Gasteiger partial charge is 0.377 e. The summed E-state index contributed by atoms with van der Waals surface area (Å²) in [6.45, 7) is -0.187. The predicted octanol–water partition coefficient (Wildman–Crippen LogP) is 1.44. The number of hydrogen-bond acceptors (Lipinski definition) is 4. The van der Waals surface area contributed by atoms with Gasteiger partial charge in [-0.25, -0.2) is 8.42 Å². The van der Waals surface area contributed by atoms with E-state index in [-0.39, 0.29) is 11.5 Å². The molecule has 0 heterocycles. The van der Waals surface area contributed by atoms with Gasteiger partial charge in [0.05, 0.1) is 4.90 Å². The van der Waals surface area contributed by atoms with Crippen LogP contribution >= 0.6 is 15.9 Å². The van der Waals surface area contributed by atoms with Crippen LogP contribution in [0.4, 0.5) is 0 Å². The third kappa shape index (κ3) is 3.70. The Morgan fingerprint density at radius 1 is 1.44 bits per heavy atom. The molecule has 1 aromatic rings. The van der Waals surface area contributed by atoms with Gasteiger partial charge in [0.1, 0.15) is 12.4 Å². The van der Waals surface area contributed by atoms with Crippen molar-refractivity contribution in [2.45, 2.75) is 4.90 Å². The number of ketones is 1. The second-order valence-corrected chi connectivity index (χ2v) is 6.09. The van der Waals surface area contributed by atoms with E-state index < -0.39 is 21.4 Å². The maximum Gasteiger partial charge on any atom is 0.185 e. The Kier molecular flexibility index (Phi) is 4.64. The Balaban J connectivity index is 2.90. The number of carbonyl (C=O) groups excluding carboxylic acids is 1. The summed E-state index contributed by atoms with van der Waals surface area (Å²) in [6, 6.07) is 6.25. The third-order valence-electron chi connectivity index (χ3n) is 1.81. The number of halogens is 1. The Morgan fingerprint density at radius 3 is 2.69 bits per heavy atom. The van der Waals surface area contributed by atoms with Gasteiger partial charge in [-0.05, 0) is 18.2 Å². The van der Waals surface area contributed by atoms with Crippen LogP contribution in [0.25, 0.3) is 0 Å². The molecule has 6 heteroatoms. The van der Waals surface area contributed by atoms with Crippen LogP contribution in [-0.2, 0) is 19.4 Å². The number of sulfone groups is 1. The zero-order chi connectivity index (χ0) is 12.2. The average molecular weight is 307 g/mol. The highest BCUT2D eigenvalue weighted by molar-refractivity contribution is 9.10. The topological polar surface area (TPSA) is 60.4 Å². The molecule has 0 fully saturated rings. The highest BCUT2D eigenvalue weighted by atomic mass is 79.9. The van der Waals surface area contributed by atoms with Crippen molar-refractivity contribution in [1.82, 2.24) is 0 Å². The van der Waals surface area contributed by atoms with E-state index >= 15 is 0 Å². The first kappa shape index (κ1) is 13.3. The van der Waals surface area contributed by atoms with Gasteiger partial charge in [0, 0.05) is 11.6 Å². The van der Waals surface area contributed by atoms with Gasteiger partial charge in [-0.2, -0.15) is 0 Å². The summed E-state index contributed by atoms with van der Waals surface area (Å²) in [4.78, 5) is 11.3.